The second-order valence-electron chi connectivity index (χ2n) is 4.16. The fourth-order valence-corrected chi connectivity index (χ4v) is 1.65. The number of aromatic nitrogens is 1. The summed E-state index contributed by atoms with van der Waals surface area (Å²) in [5.74, 6) is 0. The van der Waals surface area contributed by atoms with Crippen molar-refractivity contribution in [2.24, 2.45) is 5.73 Å². The fourth-order valence-electron chi connectivity index (χ4n) is 1.65. The first-order chi connectivity index (χ1) is 6.73. The molecule has 2 rings (SSSR count). The lowest BCUT2D eigenvalue weighted by atomic mass is 10.1. The lowest BCUT2D eigenvalue weighted by Crippen LogP contribution is -2.38. The van der Waals surface area contributed by atoms with Crippen LogP contribution in [-0.4, -0.2) is 17.6 Å². The van der Waals surface area contributed by atoms with Crippen LogP contribution in [0.4, 0.5) is 0 Å². The van der Waals surface area contributed by atoms with Gasteiger partial charge in [0.05, 0.1) is 11.2 Å². The zero-order valence-corrected chi connectivity index (χ0v) is 8.53. The van der Waals surface area contributed by atoms with Crippen molar-refractivity contribution in [2.45, 2.75) is 31.3 Å². The van der Waals surface area contributed by atoms with E-state index >= 15 is 0 Å². The van der Waals surface area contributed by atoms with Gasteiger partial charge in [-0.2, -0.15) is 0 Å². The van der Waals surface area contributed by atoms with Gasteiger partial charge in [-0.3, -0.25) is 4.98 Å². The van der Waals surface area contributed by atoms with Gasteiger partial charge in [-0.15, -0.1) is 0 Å². The minimum atomic E-state index is 0.134. The molecule has 3 N–H and O–H groups in total. The molecule has 1 aromatic rings. The maximum absolute atomic E-state index is 5.72. The Hall–Kier alpha value is -0.930. The van der Waals surface area contributed by atoms with Crippen molar-refractivity contribution in [1.82, 2.24) is 10.3 Å². The highest BCUT2D eigenvalue weighted by Crippen LogP contribution is 2.44. The van der Waals surface area contributed by atoms with E-state index in [1.807, 2.05) is 25.3 Å². The molecule has 0 amide bonds. The lowest BCUT2D eigenvalue weighted by Gasteiger charge is -2.18. The van der Waals surface area contributed by atoms with E-state index in [0.29, 0.717) is 0 Å². The van der Waals surface area contributed by atoms with Crippen molar-refractivity contribution in [3.8, 4) is 0 Å². The number of nitrogens with zero attached hydrogens (tertiary/aromatic N) is 1. The quantitative estimate of drug-likeness (QED) is 0.746. The highest BCUT2D eigenvalue weighted by atomic mass is 15.1. The first-order valence-corrected chi connectivity index (χ1v) is 5.15. The van der Waals surface area contributed by atoms with E-state index < -0.39 is 0 Å². The van der Waals surface area contributed by atoms with Gasteiger partial charge in [0.15, 0.2) is 0 Å². The molecule has 3 heteroatoms. The number of hydrogen-bond donors (Lipinski definition) is 2. The van der Waals surface area contributed by atoms with Crippen molar-refractivity contribution in [3.63, 3.8) is 0 Å². The largest absolute Gasteiger partial charge is 0.327 e. The molecule has 14 heavy (non-hydrogen) atoms. The Morgan fingerprint density at radius 1 is 1.57 bits per heavy atom. The van der Waals surface area contributed by atoms with Crippen LogP contribution in [0.15, 0.2) is 24.4 Å². The monoisotopic (exact) mass is 191 g/mol. The Balaban J connectivity index is 2.03. The van der Waals surface area contributed by atoms with Gasteiger partial charge in [0.2, 0.25) is 0 Å². The molecule has 0 spiro atoms. The molecule has 1 aliphatic rings. The SMILES string of the molecule is C[C@H](N)CNC1(c2ccccn2)CC1. The Bertz CT molecular complexity index is 291. The summed E-state index contributed by atoms with van der Waals surface area (Å²) in [6, 6.07) is 6.28. The van der Waals surface area contributed by atoms with Crippen LogP contribution in [0.25, 0.3) is 0 Å². The third kappa shape index (κ3) is 1.94. The molecule has 1 atom stereocenters. The molecule has 0 aliphatic heterocycles. The maximum Gasteiger partial charge on any atom is 0.0610 e. The predicted molar refractivity (Wildman–Crippen MR) is 56.8 cm³/mol. The van der Waals surface area contributed by atoms with Gasteiger partial charge in [-0.1, -0.05) is 6.07 Å². The normalized spacial score (nSPS) is 20.4. The number of hydrogen-bond acceptors (Lipinski definition) is 3. The third-order valence-electron chi connectivity index (χ3n) is 2.67. The van der Waals surface area contributed by atoms with E-state index in [2.05, 4.69) is 16.4 Å². The van der Waals surface area contributed by atoms with Gasteiger partial charge in [0.1, 0.15) is 0 Å². The van der Waals surface area contributed by atoms with Crippen molar-refractivity contribution in [3.05, 3.63) is 30.1 Å². The van der Waals surface area contributed by atoms with Crippen LogP contribution in [0.2, 0.25) is 0 Å². The van der Waals surface area contributed by atoms with E-state index in [1.165, 1.54) is 12.8 Å². The van der Waals surface area contributed by atoms with Crippen LogP contribution in [0.3, 0.4) is 0 Å². The molecule has 1 saturated carbocycles. The Kier molecular flexibility index (Phi) is 2.52. The number of nitrogens with one attached hydrogen (secondary N) is 1. The zero-order chi connectivity index (χ0) is 10.0. The van der Waals surface area contributed by atoms with Gasteiger partial charge >= 0.3 is 0 Å². The highest BCUT2D eigenvalue weighted by Gasteiger charge is 2.44. The summed E-state index contributed by atoms with van der Waals surface area (Å²) >= 11 is 0. The van der Waals surface area contributed by atoms with E-state index in [1.54, 1.807) is 0 Å². The third-order valence-corrected chi connectivity index (χ3v) is 2.67. The summed E-state index contributed by atoms with van der Waals surface area (Å²) < 4.78 is 0. The summed E-state index contributed by atoms with van der Waals surface area (Å²) in [6.45, 7) is 2.87. The lowest BCUT2D eigenvalue weighted by molar-refractivity contribution is 0.481. The van der Waals surface area contributed by atoms with Gasteiger partial charge in [0, 0.05) is 18.8 Å². The van der Waals surface area contributed by atoms with Crippen LogP contribution in [0.1, 0.15) is 25.5 Å². The molecular formula is C11H17N3. The molecule has 1 aliphatic carbocycles. The summed E-state index contributed by atoms with van der Waals surface area (Å²) in [5.41, 5.74) is 7.01. The van der Waals surface area contributed by atoms with Crippen molar-refractivity contribution < 1.29 is 0 Å². The van der Waals surface area contributed by atoms with Crippen molar-refractivity contribution >= 4 is 0 Å². The minimum Gasteiger partial charge on any atom is -0.327 e. The summed E-state index contributed by atoms with van der Waals surface area (Å²) in [7, 11) is 0. The van der Waals surface area contributed by atoms with E-state index in [-0.39, 0.29) is 11.6 Å². The highest BCUT2D eigenvalue weighted by molar-refractivity contribution is 5.22. The molecule has 1 aromatic heterocycles. The molecule has 3 nitrogen and oxygen atoms in total. The molecule has 76 valence electrons. The summed E-state index contributed by atoms with van der Waals surface area (Å²) in [6.07, 6.45) is 4.20. The maximum atomic E-state index is 5.72. The Labute approximate surface area is 84.7 Å². The van der Waals surface area contributed by atoms with Gasteiger partial charge in [0.25, 0.3) is 0 Å². The predicted octanol–water partition coefficient (Wildman–Crippen LogP) is 1.01. The van der Waals surface area contributed by atoms with E-state index in [9.17, 15) is 0 Å². The second kappa shape index (κ2) is 3.67. The Morgan fingerprint density at radius 2 is 2.36 bits per heavy atom. The molecule has 1 heterocycles. The smallest absolute Gasteiger partial charge is 0.0610 e. The average molecular weight is 191 g/mol. The zero-order valence-electron chi connectivity index (χ0n) is 8.53. The molecule has 1 fully saturated rings. The van der Waals surface area contributed by atoms with Gasteiger partial charge < -0.3 is 11.1 Å². The summed E-state index contributed by atoms with van der Waals surface area (Å²) in [4.78, 5) is 4.39. The molecule has 0 bridgehead atoms. The average Bonchev–Trinajstić information content (AvgIpc) is 2.97. The van der Waals surface area contributed by atoms with Crippen molar-refractivity contribution in [1.29, 1.82) is 0 Å². The first-order valence-electron chi connectivity index (χ1n) is 5.15. The Morgan fingerprint density at radius 3 is 2.86 bits per heavy atom. The van der Waals surface area contributed by atoms with E-state index in [0.717, 1.165) is 12.2 Å². The number of rotatable bonds is 4. The van der Waals surface area contributed by atoms with Crippen LogP contribution in [0.5, 0.6) is 0 Å². The molecule has 0 radical (unpaired) electrons. The van der Waals surface area contributed by atoms with Gasteiger partial charge in [-0.05, 0) is 31.9 Å². The summed E-state index contributed by atoms with van der Waals surface area (Å²) in [5, 5.41) is 3.50. The number of pyridine rings is 1. The molecule has 0 saturated heterocycles. The van der Waals surface area contributed by atoms with E-state index in [4.69, 9.17) is 5.73 Å². The number of nitrogens with two attached hydrogens (primary N) is 1. The van der Waals surface area contributed by atoms with Gasteiger partial charge in [-0.25, -0.2) is 0 Å². The topological polar surface area (TPSA) is 50.9 Å². The van der Waals surface area contributed by atoms with Crippen LogP contribution in [-0.2, 0) is 5.54 Å². The first kappa shape index (κ1) is 9.62. The van der Waals surface area contributed by atoms with Crippen LogP contribution in [0, 0.1) is 0 Å². The van der Waals surface area contributed by atoms with Crippen LogP contribution < -0.4 is 11.1 Å². The van der Waals surface area contributed by atoms with Crippen molar-refractivity contribution in [2.75, 3.05) is 6.54 Å². The fraction of sp³-hybridized carbons (Fsp3) is 0.545. The van der Waals surface area contributed by atoms with Crippen LogP contribution >= 0.6 is 0 Å². The second-order valence-corrected chi connectivity index (χ2v) is 4.16. The molecular weight excluding hydrogens is 174 g/mol. The minimum absolute atomic E-state index is 0.134. The molecule has 0 unspecified atom stereocenters. The standard InChI is InChI=1S/C11H17N3/c1-9(12)8-14-11(5-6-11)10-4-2-3-7-13-10/h2-4,7,9,14H,5-6,8,12H2,1H3/t9-/m0/s1. The molecule has 0 aromatic carbocycles.